The highest BCUT2D eigenvalue weighted by molar-refractivity contribution is 5.31. The molecule has 1 aromatic carbocycles. The number of methoxy groups -OCH3 is 2. The van der Waals surface area contributed by atoms with Crippen molar-refractivity contribution in [3.63, 3.8) is 0 Å². The molecule has 3 atom stereocenters. The summed E-state index contributed by atoms with van der Waals surface area (Å²) in [4.78, 5) is 0. The summed E-state index contributed by atoms with van der Waals surface area (Å²) >= 11 is 0. The van der Waals surface area contributed by atoms with E-state index in [0.29, 0.717) is 6.04 Å². The van der Waals surface area contributed by atoms with Crippen LogP contribution in [-0.2, 0) is 4.74 Å². The summed E-state index contributed by atoms with van der Waals surface area (Å²) in [6.07, 6.45) is 2.39. The Morgan fingerprint density at radius 2 is 1.84 bits per heavy atom. The molecule has 106 valence electrons. The number of hydrogen-bond acceptors (Lipinski definition) is 4. The van der Waals surface area contributed by atoms with Crippen LogP contribution in [0.1, 0.15) is 19.8 Å². The van der Waals surface area contributed by atoms with Crippen LogP contribution in [0.2, 0.25) is 0 Å². The van der Waals surface area contributed by atoms with Crippen LogP contribution in [0.5, 0.6) is 11.5 Å². The molecule has 2 rings (SSSR count). The zero-order valence-corrected chi connectivity index (χ0v) is 11.9. The zero-order chi connectivity index (χ0) is 13.7. The molecule has 0 bridgehead atoms. The lowest BCUT2D eigenvalue weighted by Gasteiger charge is -2.43. The maximum atomic E-state index is 5.94. The molecule has 19 heavy (non-hydrogen) atoms. The van der Waals surface area contributed by atoms with E-state index in [1.807, 2.05) is 24.3 Å². The Morgan fingerprint density at radius 1 is 1.16 bits per heavy atom. The van der Waals surface area contributed by atoms with Gasteiger partial charge in [0.05, 0.1) is 7.11 Å². The van der Waals surface area contributed by atoms with Crippen molar-refractivity contribution in [2.75, 3.05) is 20.8 Å². The van der Waals surface area contributed by atoms with Crippen molar-refractivity contribution in [1.82, 2.24) is 5.32 Å². The first-order valence-corrected chi connectivity index (χ1v) is 6.85. The standard InChI is InChI=1S/C15H23NO3/c1-4-9-16-13-10-14(15(13)18-3)19-12-7-5-11(17-2)6-8-12/h5-8,13-16H,4,9-10H2,1-3H3. The Bertz CT molecular complexity index is 379. The largest absolute Gasteiger partial charge is 0.497 e. The Morgan fingerprint density at radius 3 is 2.42 bits per heavy atom. The van der Waals surface area contributed by atoms with Crippen molar-refractivity contribution >= 4 is 0 Å². The first kappa shape index (κ1) is 14.2. The van der Waals surface area contributed by atoms with E-state index in [-0.39, 0.29) is 12.2 Å². The van der Waals surface area contributed by atoms with Gasteiger partial charge in [0.15, 0.2) is 0 Å². The third-order valence-corrected chi connectivity index (χ3v) is 3.52. The SMILES string of the molecule is CCCNC1CC(Oc2ccc(OC)cc2)C1OC. The molecule has 0 aromatic heterocycles. The monoisotopic (exact) mass is 265 g/mol. The lowest BCUT2D eigenvalue weighted by atomic mass is 9.85. The van der Waals surface area contributed by atoms with Crippen LogP contribution >= 0.6 is 0 Å². The quantitative estimate of drug-likeness (QED) is 0.820. The predicted molar refractivity (Wildman–Crippen MR) is 74.9 cm³/mol. The molecule has 4 heteroatoms. The van der Waals surface area contributed by atoms with Gasteiger partial charge in [-0.05, 0) is 37.2 Å². The zero-order valence-electron chi connectivity index (χ0n) is 11.9. The summed E-state index contributed by atoms with van der Waals surface area (Å²) in [5.74, 6) is 1.70. The molecule has 1 saturated carbocycles. The molecule has 0 heterocycles. The summed E-state index contributed by atoms with van der Waals surface area (Å²) < 4.78 is 16.6. The van der Waals surface area contributed by atoms with Gasteiger partial charge in [-0.15, -0.1) is 0 Å². The van der Waals surface area contributed by atoms with Crippen molar-refractivity contribution < 1.29 is 14.2 Å². The summed E-state index contributed by atoms with van der Waals surface area (Å²) in [6, 6.07) is 8.08. The Kier molecular flexibility index (Phi) is 5.05. The van der Waals surface area contributed by atoms with E-state index >= 15 is 0 Å². The fourth-order valence-electron chi connectivity index (χ4n) is 2.37. The molecule has 0 saturated heterocycles. The van der Waals surface area contributed by atoms with Gasteiger partial charge in [0.2, 0.25) is 0 Å². The lowest BCUT2D eigenvalue weighted by molar-refractivity contribution is -0.0887. The van der Waals surface area contributed by atoms with Crippen LogP contribution in [-0.4, -0.2) is 39.0 Å². The molecular weight excluding hydrogens is 242 g/mol. The Balaban J connectivity index is 1.85. The smallest absolute Gasteiger partial charge is 0.128 e. The highest BCUT2D eigenvalue weighted by atomic mass is 16.5. The van der Waals surface area contributed by atoms with Gasteiger partial charge in [-0.3, -0.25) is 0 Å². The van der Waals surface area contributed by atoms with Crippen molar-refractivity contribution in [1.29, 1.82) is 0 Å². The van der Waals surface area contributed by atoms with E-state index in [4.69, 9.17) is 14.2 Å². The van der Waals surface area contributed by atoms with Crippen molar-refractivity contribution in [3.05, 3.63) is 24.3 Å². The predicted octanol–water partition coefficient (Wildman–Crippen LogP) is 2.23. The fraction of sp³-hybridized carbons (Fsp3) is 0.600. The molecule has 0 spiro atoms. The van der Waals surface area contributed by atoms with Gasteiger partial charge in [0.1, 0.15) is 23.7 Å². The van der Waals surface area contributed by atoms with Crippen molar-refractivity contribution in [2.45, 2.75) is 38.0 Å². The molecule has 4 nitrogen and oxygen atoms in total. The maximum absolute atomic E-state index is 5.94. The maximum Gasteiger partial charge on any atom is 0.128 e. The summed E-state index contributed by atoms with van der Waals surface area (Å²) in [5.41, 5.74) is 0. The van der Waals surface area contributed by atoms with E-state index in [1.54, 1.807) is 14.2 Å². The summed E-state index contributed by atoms with van der Waals surface area (Å²) in [5, 5.41) is 3.48. The van der Waals surface area contributed by atoms with Crippen LogP contribution in [0.4, 0.5) is 0 Å². The van der Waals surface area contributed by atoms with Crippen molar-refractivity contribution in [3.8, 4) is 11.5 Å². The second-order valence-electron chi connectivity index (χ2n) is 4.83. The van der Waals surface area contributed by atoms with E-state index in [0.717, 1.165) is 30.9 Å². The highest BCUT2D eigenvalue weighted by Gasteiger charge is 2.42. The van der Waals surface area contributed by atoms with Crippen LogP contribution in [0.15, 0.2) is 24.3 Å². The van der Waals surface area contributed by atoms with Gasteiger partial charge in [0, 0.05) is 19.6 Å². The normalized spacial score (nSPS) is 25.7. The minimum absolute atomic E-state index is 0.132. The van der Waals surface area contributed by atoms with Crippen LogP contribution in [0.25, 0.3) is 0 Å². The summed E-state index contributed by atoms with van der Waals surface area (Å²) in [7, 11) is 3.40. The second kappa shape index (κ2) is 6.78. The van der Waals surface area contributed by atoms with E-state index in [2.05, 4.69) is 12.2 Å². The van der Waals surface area contributed by atoms with Gasteiger partial charge in [-0.25, -0.2) is 0 Å². The van der Waals surface area contributed by atoms with Gasteiger partial charge in [0.25, 0.3) is 0 Å². The molecule has 1 aliphatic rings. The van der Waals surface area contributed by atoms with E-state index in [1.165, 1.54) is 0 Å². The number of rotatable bonds is 7. The molecule has 0 amide bonds. The molecule has 0 aliphatic heterocycles. The Labute approximate surface area is 115 Å². The van der Waals surface area contributed by atoms with Gasteiger partial charge < -0.3 is 19.5 Å². The molecule has 0 radical (unpaired) electrons. The van der Waals surface area contributed by atoms with Gasteiger partial charge in [-0.1, -0.05) is 6.92 Å². The minimum atomic E-state index is 0.132. The summed E-state index contributed by atoms with van der Waals surface area (Å²) in [6.45, 7) is 3.19. The number of nitrogens with one attached hydrogen (secondary N) is 1. The Hall–Kier alpha value is -1.26. The second-order valence-corrected chi connectivity index (χ2v) is 4.83. The number of ether oxygens (including phenoxy) is 3. The molecule has 1 N–H and O–H groups in total. The third-order valence-electron chi connectivity index (χ3n) is 3.52. The average molecular weight is 265 g/mol. The third kappa shape index (κ3) is 3.39. The van der Waals surface area contributed by atoms with Crippen LogP contribution in [0.3, 0.4) is 0 Å². The molecule has 1 aromatic rings. The average Bonchev–Trinajstić information content (AvgIpc) is 2.43. The van der Waals surface area contributed by atoms with Crippen molar-refractivity contribution in [2.24, 2.45) is 0 Å². The molecule has 1 aliphatic carbocycles. The lowest BCUT2D eigenvalue weighted by Crippen LogP contribution is -2.61. The molecular formula is C15H23NO3. The number of hydrogen-bond donors (Lipinski definition) is 1. The minimum Gasteiger partial charge on any atom is -0.497 e. The van der Waals surface area contributed by atoms with Crippen LogP contribution < -0.4 is 14.8 Å². The first-order chi connectivity index (χ1) is 9.28. The van der Waals surface area contributed by atoms with Crippen LogP contribution in [0, 0.1) is 0 Å². The van der Waals surface area contributed by atoms with E-state index in [9.17, 15) is 0 Å². The highest BCUT2D eigenvalue weighted by Crippen LogP contribution is 2.29. The fourth-order valence-corrected chi connectivity index (χ4v) is 2.37. The van der Waals surface area contributed by atoms with Gasteiger partial charge >= 0.3 is 0 Å². The number of benzene rings is 1. The molecule has 3 unspecified atom stereocenters. The first-order valence-electron chi connectivity index (χ1n) is 6.85. The van der Waals surface area contributed by atoms with E-state index < -0.39 is 0 Å². The van der Waals surface area contributed by atoms with Gasteiger partial charge in [-0.2, -0.15) is 0 Å². The molecule has 1 fully saturated rings. The topological polar surface area (TPSA) is 39.7 Å².